The van der Waals surface area contributed by atoms with E-state index < -0.39 is 10.0 Å². The lowest BCUT2D eigenvalue weighted by Gasteiger charge is -2.22. The molecule has 0 atom stereocenters. The van der Waals surface area contributed by atoms with Crippen LogP contribution < -0.4 is 0 Å². The molecule has 1 heterocycles. The molecule has 0 spiro atoms. The molecule has 106 valence electrons. The number of aromatic nitrogens is 1. The van der Waals surface area contributed by atoms with Crippen molar-refractivity contribution in [2.24, 2.45) is 0 Å². The van der Waals surface area contributed by atoms with E-state index in [4.69, 9.17) is 11.6 Å². The zero-order valence-electron chi connectivity index (χ0n) is 11.0. The number of carbonyl (C=O) groups is 1. The predicted molar refractivity (Wildman–Crippen MR) is 72.4 cm³/mol. The van der Waals surface area contributed by atoms with Crippen molar-refractivity contribution < 1.29 is 13.2 Å². The fraction of sp³-hybridized carbons (Fsp3) is 0.455. The first-order chi connectivity index (χ1) is 8.80. The minimum Gasteiger partial charge on any atom is -0.348 e. The molecule has 1 aromatic heterocycles. The van der Waals surface area contributed by atoms with Crippen LogP contribution in [0.25, 0.3) is 0 Å². The predicted octanol–water partition coefficient (Wildman–Crippen LogP) is 0.834. The van der Waals surface area contributed by atoms with E-state index in [1.807, 2.05) is 0 Å². The van der Waals surface area contributed by atoms with Crippen molar-refractivity contribution in [3.8, 4) is 0 Å². The smallest absolute Gasteiger partial charge is 0.246 e. The maximum Gasteiger partial charge on any atom is 0.246 e. The summed E-state index contributed by atoms with van der Waals surface area (Å²) in [6.07, 6.45) is 1.41. The Bertz CT molecular complexity index is 560. The number of rotatable bonds is 5. The molecule has 0 saturated carbocycles. The van der Waals surface area contributed by atoms with E-state index in [2.05, 4.69) is 4.98 Å². The average Bonchev–Trinajstić information content (AvgIpc) is 2.35. The molecule has 1 rings (SSSR count). The largest absolute Gasteiger partial charge is 0.348 e. The Balaban J connectivity index is 3.10. The number of hydrogen-bond acceptors (Lipinski definition) is 4. The second-order valence-electron chi connectivity index (χ2n) is 4.01. The SMILES string of the molecule is CCN(CC(=O)N(C)C)S(=O)(=O)c1cccnc1Cl. The molecule has 0 aromatic carbocycles. The molecule has 6 nitrogen and oxygen atoms in total. The van der Waals surface area contributed by atoms with Gasteiger partial charge in [-0.25, -0.2) is 13.4 Å². The Morgan fingerprint density at radius 3 is 2.53 bits per heavy atom. The van der Waals surface area contributed by atoms with Gasteiger partial charge in [0, 0.05) is 26.8 Å². The normalized spacial score (nSPS) is 11.6. The van der Waals surface area contributed by atoms with Gasteiger partial charge in [0.05, 0.1) is 6.54 Å². The van der Waals surface area contributed by atoms with E-state index in [0.29, 0.717) is 0 Å². The van der Waals surface area contributed by atoms with Crippen LogP contribution >= 0.6 is 11.6 Å². The molecule has 0 fully saturated rings. The van der Waals surface area contributed by atoms with Gasteiger partial charge in [-0.3, -0.25) is 4.79 Å². The van der Waals surface area contributed by atoms with E-state index in [1.165, 1.54) is 23.2 Å². The van der Waals surface area contributed by atoms with Gasteiger partial charge in [-0.15, -0.1) is 0 Å². The third-order valence-corrected chi connectivity index (χ3v) is 4.87. The van der Waals surface area contributed by atoms with Crippen molar-refractivity contribution in [3.63, 3.8) is 0 Å². The first-order valence-electron chi connectivity index (χ1n) is 5.61. The van der Waals surface area contributed by atoms with Crippen molar-refractivity contribution in [1.82, 2.24) is 14.2 Å². The van der Waals surface area contributed by atoms with Gasteiger partial charge >= 0.3 is 0 Å². The number of amides is 1. The molecular formula is C11H16ClN3O3S. The number of sulfonamides is 1. The van der Waals surface area contributed by atoms with Crippen molar-refractivity contribution in [2.75, 3.05) is 27.2 Å². The monoisotopic (exact) mass is 305 g/mol. The van der Waals surface area contributed by atoms with Crippen LogP contribution in [-0.4, -0.2) is 55.7 Å². The number of nitrogens with zero attached hydrogens (tertiary/aromatic N) is 3. The summed E-state index contributed by atoms with van der Waals surface area (Å²) in [6.45, 7) is 1.61. The summed E-state index contributed by atoms with van der Waals surface area (Å²) >= 11 is 5.80. The summed E-state index contributed by atoms with van der Waals surface area (Å²) in [6, 6.07) is 2.85. The number of likely N-dealkylation sites (N-methyl/N-ethyl adjacent to an activating group) is 2. The molecule has 0 N–H and O–H groups in total. The number of halogens is 1. The van der Waals surface area contributed by atoms with Gasteiger partial charge < -0.3 is 4.90 Å². The average molecular weight is 306 g/mol. The first kappa shape index (κ1) is 15.9. The standard InChI is InChI=1S/C11H16ClN3O3S/c1-4-15(8-10(16)14(2)3)19(17,18)9-6-5-7-13-11(9)12/h5-7H,4,8H2,1-3H3. The number of hydrogen-bond donors (Lipinski definition) is 0. The van der Waals surface area contributed by atoms with Gasteiger partial charge in [0.25, 0.3) is 0 Å². The second-order valence-corrected chi connectivity index (χ2v) is 6.28. The molecule has 1 aromatic rings. The maximum absolute atomic E-state index is 12.4. The molecule has 19 heavy (non-hydrogen) atoms. The Kier molecular flexibility index (Phi) is 5.28. The summed E-state index contributed by atoms with van der Waals surface area (Å²) in [4.78, 5) is 16.6. The Hall–Kier alpha value is -1.18. The van der Waals surface area contributed by atoms with Gasteiger partial charge in [0.15, 0.2) is 0 Å². The summed E-state index contributed by atoms with van der Waals surface area (Å²) in [5.74, 6) is -0.301. The maximum atomic E-state index is 12.4. The van der Waals surface area contributed by atoms with E-state index in [-0.39, 0.29) is 29.0 Å². The van der Waals surface area contributed by atoms with Crippen LogP contribution in [0.3, 0.4) is 0 Å². The molecule has 0 radical (unpaired) electrons. The molecule has 0 unspecified atom stereocenters. The van der Waals surface area contributed by atoms with Crippen molar-refractivity contribution in [3.05, 3.63) is 23.5 Å². The third-order valence-electron chi connectivity index (χ3n) is 2.51. The summed E-state index contributed by atoms with van der Waals surface area (Å²) in [7, 11) is -0.680. The summed E-state index contributed by atoms with van der Waals surface area (Å²) < 4.78 is 25.8. The first-order valence-corrected chi connectivity index (χ1v) is 7.43. The molecule has 1 amide bonds. The zero-order chi connectivity index (χ0) is 14.6. The molecule has 0 aliphatic heterocycles. The Labute approximate surface area is 118 Å². The quantitative estimate of drug-likeness (QED) is 0.756. The Morgan fingerprint density at radius 1 is 1.42 bits per heavy atom. The van der Waals surface area contributed by atoms with Crippen LogP contribution in [0.5, 0.6) is 0 Å². The van der Waals surface area contributed by atoms with Gasteiger partial charge in [-0.05, 0) is 12.1 Å². The highest BCUT2D eigenvalue weighted by Crippen LogP contribution is 2.21. The van der Waals surface area contributed by atoms with Gasteiger partial charge in [0.2, 0.25) is 15.9 Å². The number of carbonyl (C=O) groups excluding carboxylic acids is 1. The topological polar surface area (TPSA) is 70.6 Å². The minimum absolute atomic E-state index is 0.0925. The molecule has 0 bridgehead atoms. The fourth-order valence-electron chi connectivity index (χ4n) is 1.36. The molecule has 0 aliphatic rings. The van der Waals surface area contributed by atoms with E-state index in [9.17, 15) is 13.2 Å². The van der Waals surface area contributed by atoms with E-state index >= 15 is 0 Å². The lowest BCUT2D eigenvalue weighted by atomic mass is 10.5. The molecule has 0 saturated heterocycles. The van der Waals surface area contributed by atoms with Crippen LogP contribution in [0, 0.1) is 0 Å². The van der Waals surface area contributed by atoms with Crippen molar-refractivity contribution in [2.45, 2.75) is 11.8 Å². The summed E-state index contributed by atoms with van der Waals surface area (Å²) in [5.41, 5.74) is 0. The lowest BCUT2D eigenvalue weighted by Crippen LogP contribution is -2.40. The van der Waals surface area contributed by atoms with Gasteiger partial charge in [-0.2, -0.15) is 4.31 Å². The fourth-order valence-corrected chi connectivity index (χ4v) is 3.19. The second kappa shape index (κ2) is 6.31. The third kappa shape index (κ3) is 3.65. The van der Waals surface area contributed by atoms with E-state index in [0.717, 1.165) is 4.31 Å². The molecular weight excluding hydrogens is 290 g/mol. The highest BCUT2D eigenvalue weighted by atomic mass is 35.5. The van der Waals surface area contributed by atoms with Crippen LogP contribution in [0.1, 0.15) is 6.92 Å². The van der Waals surface area contributed by atoms with Gasteiger partial charge in [0.1, 0.15) is 10.0 Å². The van der Waals surface area contributed by atoms with Crippen molar-refractivity contribution >= 4 is 27.5 Å². The highest BCUT2D eigenvalue weighted by molar-refractivity contribution is 7.89. The molecule has 8 heteroatoms. The number of pyridine rings is 1. The van der Waals surface area contributed by atoms with Crippen LogP contribution in [-0.2, 0) is 14.8 Å². The molecule has 0 aliphatic carbocycles. The van der Waals surface area contributed by atoms with Crippen LogP contribution in [0.2, 0.25) is 5.15 Å². The summed E-state index contributed by atoms with van der Waals surface area (Å²) in [5, 5.41) is -0.0988. The van der Waals surface area contributed by atoms with E-state index in [1.54, 1.807) is 21.0 Å². The van der Waals surface area contributed by atoms with Crippen molar-refractivity contribution in [1.29, 1.82) is 0 Å². The minimum atomic E-state index is -3.82. The zero-order valence-corrected chi connectivity index (χ0v) is 12.6. The van der Waals surface area contributed by atoms with Crippen LogP contribution in [0.15, 0.2) is 23.2 Å². The van der Waals surface area contributed by atoms with Crippen LogP contribution in [0.4, 0.5) is 0 Å². The lowest BCUT2D eigenvalue weighted by molar-refractivity contribution is -0.128. The Morgan fingerprint density at radius 2 is 2.05 bits per heavy atom. The highest BCUT2D eigenvalue weighted by Gasteiger charge is 2.28. The van der Waals surface area contributed by atoms with Gasteiger partial charge in [-0.1, -0.05) is 18.5 Å².